The normalized spacial score (nSPS) is 23.0. The summed E-state index contributed by atoms with van der Waals surface area (Å²) in [6, 6.07) is 12.1. The van der Waals surface area contributed by atoms with Gasteiger partial charge in [-0.2, -0.15) is 0 Å². The number of nitrogens with one attached hydrogen (secondary N) is 1. The lowest BCUT2D eigenvalue weighted by Crippen LogP contribution is -2.44. The number of rotatable bonds is 6. The minimum atomic E-state index is -0.0275. The quantitative estimate of drug-likeness (QED) is 0.730. The zero-order valence-corrected chi connectivity index (χ0v) is 19.2. The number of aromatic nitrogens is 1. The molecule has 3 saturated heterocycles. The molecule has 3 aliphatic heterocycles. The van der Waals surface area contributed by atoms with Gasteiger partial charge in [-0.25, -0.2) is 0 Å². The fourth-order valence-corrected chi connectivity index (χ4v) is 5.23. The van der Waals surface area contributed by atoms with Crippen LogP contribution in [0.1, 0.15) is 41.6 Å². The third-order valence-electron chi connectivity index (χ3n) is 7.26. The maximum Gasteiger partial charge on any atom is 0.251 e. The number of pyridine rings is 1. The molecule has 1 aromatic carbocycles. The number of carbonyl (C=O) groups excluding carboxylic acids is 1. The van der Waals surface area contributed by atoms with E-state index in [2.05, 4.69) is 32.2 Å². The van der Waals surface area contributed by atoms with Gasteiger partial charge in [-0.1, -0.05) is 0 Å². The Balaban J connectivity index is 1.06. The highest BCUT2D eigenvalue weighted by Crippen LogP contribution is 2.39. The molecule has 3 fully saturated rings. The molecule has 2 aromatic rings. The van der Waals surface area contributed by atoms with E-state index in [0.29, 0.717) is 12.1 Å². The number of amides is 1. The molecule has 176 valence electrons. The summed E-state index contributed by atoms with van der Waals surface area (Å²) < 4.78 is 11.9. The predicted molar refractivity (Wildman–Crippen MR) is 127 cm³/mol. The SMILES string of the molecule is O=C(NC[C@@H]1CCC2(CCN(Cc3ccncc3)CC2)O1)c1ccc(N2CCOCC2)cc1. The van der Waals surface area contributed by atoms with Gasteiger partial charge in [0, 0.05) is 62.9 Å². The minimum Gasteiger partial charge on any atom is -0.378 e. The summed E-state index contributed by atoms with van der Waals surface area (Å²) in [6.07, 6.45) is 8.05. The van der Waals surface area contributed by atoms with E-state index < -0.39 is 0 Å². The lowest BCUT2D eigenvalue weighted by atomic mass is 9.88. The number of benzene rings is 1. The molecule has 1 amide bonds. The van der Waals surface area contributed by atoms with Crippen LogP contribution >= 0.6 is 0 Å². The Morgan fingerprint density at radius 3 is 2.45 bits per heavy atom. The zero-order valence-electron chi connectivity index (χ0n) is 19.2. The monoisotopic (exact) mass is 450 g/mol. The summed E-state index contributed by atoms with van der Waals surface area (Å²) in [5.74, 6) is -0.0275. The number of anilines is 1. The van der Waals surface area contributed by atoms with Crippen LogP contribution in [0.3, 0.4) is 0 Å². The Morgan fingerprint density at radius 1 is 1.00 bits per heavy atom. The standard InChI is InChI=1S/C26H34N4O3/c31-25(22-1-3-23(4-2-22)30-15-17-32-18-16-30)28-19-24-5-8-26(33-24)9-13-29(14-10-26)20-21-6-11-27-12-7-21/h1-4,6-7,11-12,24H,5,8-10,13-20H2,(H,28,31)/t24-/m0/s1. The van der Waals surface area contributed by atoms with Crippen LogP contribution in [0.5, 0.6) is 0 Å². The van der Waals surface area contributed by atoms with E-state index in [9.17, 15) is 4.79 Å². The third kappa shape index (κ3) is 5.54. The number of morpholine rings is 1. The number of ether oxygens (including phenoxy) is 2. The first-order valence-corrected chi connectivity index (χ1v) is 12.2. The van der Waals surface area contributed by atoms with Crippen molar-refractivity contribution in [3.05, 3.63) is 59.9 Å². The number of piperidine rings is 1. The first-order chi connectivity index (χ1) is 16.2. The Kier molecular flexibility index (Phi) is 6.90. The maximum atomic E-state index is 12.7. The van der Waals surface area contributed by atoms with E-state index in [4.69, 9.17) is 9.47 Å². The second kappa shape index (κ2) is 10.2. The van der Waals surface area contributed by atoms with Crippen molar-refractivity contribution in [3.63, 3.8) is 0 Å². The summed E-state index contributed by atoms with van der Waals surface area (Å²) in [6.45, 7) is 6.96. The molecule has 0 aliphatic carbocycles. The Morgan fingerprint density at radius 2 is 1.73 bits per heavy atom. The Labute approximate surface area is 196 Å². The first-order valence-electron chi connectivity index (χ1n) is 12.2. The van der Waals surface area contributed by atoms with Crippen molar-refractivity contribution in [1.29, 1.82) is 0 Å². The highest BCUT2D eigenvalue weighted by atomic mass is 16.5. The fraction of sp³-hybridized carbons (Fsp3) is 0.538. The molecule has 3 aliphatic rings. The molecule has 1 aromatic heterocycles. The zero-order chi connectivity index (χ0) is 22.5. The fourth-order valence-electron chi connectivity index (χ4n) is 5.23. The topological polar surface area (TPSA) is 66.9 Å². The molecule has 1 atom stereocenters. The van der Waals surface area contributed by atoms with Crippen molar-refractivity contribution >= 4 is 11.6 Å². The van der Waals surface area contributed by atoms with Crippen LogP contribution in [0.15, 0.2) is 48.8 Å². The van der Waals surface area contributed by atoms with E-state index in [1.54, 1.807) is 0 Å². The van der Waals surface area contributed by atoms with E-state index in [0.717, 1.165) is 77.3 Å². The summed E-state index contributed by atoms with van der Waals surface area (Å²) in [5, 5.41) is 3.09. The number of hydrogen-bond donors (Lipinski definition) is 1. The molecule has 0 bridgehead atoms. The van der Waals surface area contributed by atoms with E-state index in [-0.39, 0.29) is 17.6 Å². The maximum absolute atomic E-state index is 12.7. The van der Waals surface area contributed by atoms with Crippen molar-refractivity contribution in [3.8, 4) is 0 Å². The number of carbonyl (C=O) groups is 1. The van der Waals surface area contributed by atoms with Crippen molar-refractivity contribution in [2.24, 2.45) is 0 Å². The molecule has 5 rings (SSSR count). The molecule has 7 nitrogen and oxygen atoms in total. The van der Waals surface area contributed by atoms with Crippen LogP contribution in [0, 0.1) is 0 Å². The van der Waals surface area contributed by atoms with Crippen LogP contribution in [0.25, 0.3) is 0 Å². The number of nitrogens with zero attached hydrogens (tertiary/aromatic N) is 3. The van der Waals surface area contributed by atoms with Crippen molar-refractivity contribution in [1.82, 2.24) is 15.2 Å². The summed E-state index contributed by atoms with van der Waals surface area (Å²) in [4.78, 5) is 21.6. The molecule has 0 unspecified atom stereocenters. The molecule has 0 saturated carbocycles. The van der Waals surface area contributed by atoms with Gasteiger partial charge in [0.2, 0.25) is 0 Å². The van der Waals surface area contributed by atoms with Gasteiger partial charge in [-0.3, -0.25) is 14.7 Å². The predicted octanol–water partition coefficient (Wildman–Crippen LogP) is 2.86. The average Bonchev–Trinajstić information content (AvgIpc) is 3.28. The van der Waals surface area contributed by atoms with Crippen LogP contribution in [0.4, 0.5) is 5.69 Å². The minimum absolute atomic E-state index is 0.00998. The molecule has 4 heterocycles. The van der Waals surface area contributed by atoms with Crippen LogP contribution < -0.4 is 10.2 Å². The molecular formula is C26H34N4O3. The van der Waals surface area contributed by atoms with Gasteiger partial charge in [0.25, 0.3) is 5.91 Å². The van der Waals surface area contributed by atoms with Crippen LogP contribution in [-0.2, 0) is 16.0 Å². The van der Waals surface area contributed by atoms with Crippen molar-refractivity contribution in [2.75, 3.05) is 50.8 Å². The number of hydrogen-bond acceptors (Lipinski definition) is 6. The second-order valence-corrected chi connectivity index (χ2v) is 9.45. The van der Waals surface area contributed by atoms with Gasteiger partial charge in [-0.15, -0.1) is 0 Å². The molecule has 1 N–H and O–H groups in total. The first kappa shape index (κ1) is 22.3. The van der Waals surface area contributed by atoms with Gasteiger partial charge in [0.15, 0.2) is 0 Å². The molecule has 0 radical (unpaired) electrons. The summed E-state index contributed by atoms with van der Waals surface area (Å²) in [5.41, 5.74) is 3.14. The van der Waals surface area contributed by atoms with Gasteiger partial charge in [0.05, 0.1) is 24.9 Å². The highest BCUT2D eigenvalue weighted by Gasteiger charge is 2.42. The summed E-state index contributed by atoms with van der Waals surface area (Å²) >= 11 is 0. The summed E-state index contributed by atoms with van der Waals surface area (Å²) in [7, 11) is 0. The van der Waals surface area contributed by atoms with E-state index >= 15 is 0 Å². The lowest BCUT2D eigenvalue weighted by Gasteiger charge is -2.39. The van der Waals surface area contributed by atoms with Crippen LogP contribution in [-0.4, -0.2) is 73.4 Å². The lowest BCUT2D eigenvalue weighted by molar-refractivity contribution is -0.0764. The van der Waals surface area contributed by atoms with Crippen molar-refractivity contribution in [2.45, 2.75) is 43.9 Å². The third-order valence-corrected chi connectivity index (χ3v) is 7.26. The number of likely N-dealkylation sites (tertiary alicyclic amines) is 1. The van der Waals surface area contributed by atoms with Gasteiger partial charge >= 0.3 is 0 Å². The average molecular weight is 451 g/mol. The van der Waals surface area contributed by atoms with E-state index in [1.165, 1.54) is 5.56 Å². The molecule has 1 spiro atoms. The molecule has 33 heavy (non-hydrogen) atoms. The van der Waals surface area contributed by atoms with E-state index in [1.807, 2.05) is 36.7 Å². The van der Waals surface area contributed by atoms with Gasteiger partial charge in [-0.05, 0) is 67.6 Å². The van der Waals surface area contributed by atoms with Gasteiger partial charge in [0.1, 0.15) is 0 Å². The Bertz CT molecular complexity index is 907. The second-order valence-electron chi connectivity index (χ2n) is 9.45. The van der Waals surface area contributed by atoms with Crippen LogP contribution in [0.2, 0.25) is 0 Å². The largest absolute Gasteiger partial charge is 0.378 e. The molecule has 7 heteroatoms. The van der Waals surface area contributed by atoms with Crippen molar-refractivity contribution < 1.29 is 14.3 Å². The Hall–Kier alpha value is -2.48. The highest BCUT2D eigenvalue weighted by molar-refractivity contribution is 5.94. The smallest absolute Gasteiger partial charge is 0.251 e. The molecular weight excluding hydrogens is 416 g/mol. The van der Waals surface area contributed by atoms with Gasteiger partial charge < -0.3 is 19.7 Å².